The van der Waals surface area contributed by atoms with E-state index >= 15 is 0 Å². The Morgan fingerprint density at radius 1 is 1.50 bits per heavy atom. The first-order valence-corrected chi connectivity index (χ1v) is 8.54. The van der Waals surface area contributed by atoms with Gasteiger partial charge in [-0.3, -0.25) is 0 Å². The van der Waals surface area contributed by atoms with Gasteiger partial charge < -0.3 is 20.3 Å². The molecule has 3 N–H and O–H groups in total. The number of benzene rings is 1. The minimum Gasteiger partial charge on any atom is -0.493 e. The van der Waals surface area contributed by atoms with Crippen LogP contribution in [0.15, 0.2) is 22.7 Å². The Labute approximate surface area is 138 Å². The van der Waals surface area contributed by atoms with Crippen LogP contribution in [-0.4, -0.2) is 30.5 Å². The highest BCUT2D eigenvalue weighted by Crippen LogP contribution is 2.57. The molecule has 0 saturated heterocycles. The van der Waals surface area contributed by atoms with Crippen molar-refractivity contribution < 1.29 is 14.6 Å². The molecule has 1 aromatic carbocycles. The number of halogens is 1. The predicted octanol–water partition coefficient (Wildman–Crippen LogP) is 2.44. The van der Waals surface area contributed by atoms with E-state index in [9.17, 15) is 5.11 Å². The van der Waals surface area contributed by atoms with Gasteiger partial charge >= 0.3 is 0 Å². The van der Waals surface area contributed by atoms with Crippen LogP contribution in [-0.2, 0) is 11.8 Å². The van der Waals surface area contributed by atoms with Crippen LogP contribution in [0.25, 0.3) is 0 Å². The first-order valence-electron chi connectivity index (χ1n) is 7.74. The van der Waals surface area contributed by atoms with Crippen molar-refractivity contribution >= 4 is 15.9 Å². The van der Waals surface area contributed by atoms with Gasteiger partial charge in [0.2, 0.25) is 0 Å². The normalized spacial score (nSPS) is 35.4. The Hall–Kier alpha value is -1.04. The molecule has 0 amide bonds. The molecule has 0 bridgehead atoms. The summed E-state index contributed by atoms with van der Waals surface area (Å²) in [4.78, 5) is 0. The summed E-state index contributed by atoms with van der Waals surface area (Å²) < 4.78 is 12.8. The number of rotatable bonds is 1. The van der Waals surface area contributed by atoms with Gasteiger partial charge in [0.25, 0.3) is 0 Å². The number of aliphatic hydroxyl groups excluding tert-OH is 1. The summed E-state index contributed by atoms with van der Waals surface area (Å²) in [6, 6.07) is 2.12. The number of hydrogen-bond acceptors (Lipinski definition) is 4. The van der Waals surface area contributed by atoms with Crippen LogP contribution in [0.3, 0.4) is 0 Å². The van der Waals surface area contributed by atoms with Gasteiger partial charge in [-0.2, -0.15) is 0 Å². The Morgan fingerprint density at radius 2 is 2.32 bits per heavy atom. The molecule has 4 rings (SSSR count). The van der Waals surface area contributed by atoms with Gasteiger partial charge in [0.1, 0.15) is 6.10 Å². The van der Waals surface area contributed by atoms with Gasteiger partial charge in [0, 0.05) is 22.5 Å². The van der Waals surface area contributed by atoms with E-state index in [2.05, 4.69) is 22.0 Å². The maximum absolute atomic E-state index is 10.0. The van der Waals surface area contributed by atoms with Gasteiger partial charge in [-0.1, -0.05) is 28.1 Å². The molecule has 1 heterocycles. The third kappa shape index (κ3) is 1.88. The average molecular weight is 366 g/mol. The van der Waals surface area contributed by atoms with Crippen LogP contribution >= 0.6 is 15.9 Å². The van der Waals surface area contributed by atoms with Crippen LogP contribution < -0.4 is 15.2 Å². The molecule has 22 heavy (non-hydrogen) atoms. The third-order valence-corrected chi connectivity index (χ3v) is 5.99. The third-order valence-electron chi connectivity index (χ3n) is 5.29. The van der Waals surface area contributed by atoms with E-state index in [1.807, 2.05) is 12.1 Å². The molecular weight excluding hydrogens is 346 g/mol. The van der Waals surface area contributed by atoms with Crippen LogP contribution in [0.1, 0.15) is 30.4 Å². The van der Waals surface area contributed by atoms with Crippen molar-refractivity contribution in [1.29, 1.82) is 0 Å². The lowest BCUT2D eigenvalue weighted by molar-refractivity contribution is 0.0838. The average Bonchev–Trinajstić information content (AvgIpc) is 2.74. The monoisotopic (exact) mass is 365 g/mol. The Bertz CT molecular complexity index is 660. The topological polar surface area (TPSA) is 64.7 Å². The van der Waals surface area contributed by atoms with Gasteiger partial charge in [-0.15, -0.1) is 0 Å². The zero-order chi connectivity index (χ0) is 15.5. The van der Waals surface area contributed by atoms with E-state index in [1.165, 1.54) is 11.1 Å². The first-order chi connectivity index (χ1) is 10.5. The molecule has 0 saturated carbocycles. The van der Waals surface area contributed by atoms with Crippen molar-refractivity contribution in [2.75, 3.05) is 7.11 Å². The maximum Gasteiger partial charge on any atom is 0.166 e. The van der Waals surface area contributed by atoms with Crippen LogP contribution in [0, 0.1) is 0 Å². The van der Waals surface area contributed by atoms with Gasteiger partial charge in [0.05, 0.1) is 18.6 Å². The maximum atomic E-state index is 10.0. The molecule has 0 radical (unpaired) electrons. The summed E-state index contributed by atoms with van der Waals surface area (Å²) in [6.07, 6.45) is 6.90. The second-order valence-corrected chi connectivity index (χ2v) is 7.41. The fraction of sp³-hybridized carbons (Fsp3) is 0.529. The molecule has 0 fully saturated rings. The number of ether oxygens (including phenoxy) is 2. The molecule has 0 aromatic heterocycles. The highest BCUT2D eigenvalue weighted by atomic mass is 79.9. The SMILES string of the molecule is COc1cc(Br)c2c3c1OC1C[C@@H](O)C=CC31CCC(N)C2. The Balaban J connectivity index is 2.00. The first kappa shape index (κ1) is 14.5. The molecular formula is C17H20BrNO3. The molecule has 3 aliphatic rings. The standard InChI is InChI=1S/C17H20BrNO3/c1-21-13-8-12(18)11-6-9(19)2-4-17-5-3-10(20)7-14(17)22-16(13)15(11)17/h3,5,8-10,14,20H,2,4,6-7,19H2,1H3/t9?,10-,14?,17?/m0/s1. The molecule has 1 spiro atoms. The van der Waals surface area contributed by atoms with Crippen molar-refractivity contribution in [2.24, 2.45) is 5.73 Å². The number of hydrogen-bond donors (Lipinski definition) is 2. The summed E-state index contributed by atoms with van der Waals surface area (Å²) in [5.74, 6) is 1.58. The molecule has 3 unspecified atom stereocenters. The van der Waals surface area contributed by atoms with Gasteiger partial charge in [0.15, 0.2) is 11.5 Å². The highest BCUT2D eigenvalue weighted by Gasteiger charge is 2.53. The predicted molar refractivity (Wildman–Crippen MR) is 87.5 cm³/mol. The van der Waals surface area contributed by atoms with Crippen molar-refractivity contribution in [1.82, 2.24) is 0 Å². The molecule has 4 atom stereocenters. The lowest BCUT2D eigenvalue weighted by Crippen LogP contribution is -2.42. The summed E-state index contributed by atoms with van der Waals surface area (Å²) in [7, 11) is 1.66. The molecule has 2 aliphatic carbocycles. The minimum atomic E-state index is -0.445. The van der Waals surface area contributed by atoms with Gasteiger partial charge in [-0.25, -0.2) is 0 Å². The molecule has 118 valence electrons. The summed E-state index contributed by atoms with van der Waals surface area (Å²) >= 11 is 3.69. The molecule has 1 aromatic rings. The highest BCUT2D eigenvalue weighted by molar-refractivity contribution is 9.10. The van der Waals surface area contributed by atoms with E-state index in [0.29, 0.717) is 6.42 Å². The van der Waals surface area contributed by atoms with Crippen LogP contribution in [0.4, 0.5) is 0 Å². The fourth-order valence-corrected chi connectivity index (χ4v) is 4.77. The van der Waals surface area contributed by atoms with Crippen LogP contribution in [0.5, 0.6) is 11.5 Å². The van der Waals surface area contributed by atoms with Crippen molar-refractivity contribution in [2.45, 2.75) is 49.3 Å². The number of aliphatic hydroxyl groups is 1. The minimum absolute atomic E-state index is 0.0465. The quantitative estimate of drug-likeness (QED) is 0.750. The van der Waals surface area contributed by atoms with E-state index in [4.69, 9.17) is 15.2 Å². The van der Waals surface area contributed by atoms with E-state index in [-0.39, 0.29) is 17.6 Å². The van der Waals surface area contributed by atoms with E-state index in [1.54, 1.807) is 7.11 Å². The molecule has 1 aliphatic heterocycles. The largest absolute Gasteiger partial charge is 0.493 e. The molecule has 5 heteroatoms. The number of methoxy groups -OCH3 is 1. The second kappa shape index (κ2) is 4.98. The fourth-order valence-electron chi connectivity index (χ4n) is 4.20. The van der Waals surface area contributed by atoms with E-state index < -0.39 is 6.10 Å². The van der Waals surface area contributed by atoms with Crippen LogP contribution in [0.2, 0.25) is 0 Å². The zero-order valence-corrected chi connectivity index (χ0v) is 14.1. The lowest BCUT2D eigenvalue weighted by atomic mass is 9.69. The summed E-state index contributed by atoms with van der Waals surface area (Å²) in [6.45, 7) is 0. The van der Waals surface area contributed by atoms with E-state index in [0.717, 1.165) is 35.2 Å². The lowest BCUT2D eigenvalue weighted by Gasteiger charge is -2.35. The molecule has 4 nitrogen and oxygen atoms in total. The Morgan fingerprint density at radius 3 is 3.09 bits per heavy atom. The summed E-state index contributed by atoms with van der Waals surface area (Å²) in [5.41, 5.74) is 8.55. The van der Waals surface area contributed by atoms with Gasteiger partial charge in [-0.05, 0) is 30.9 Å². The van der Waals surface area contributed by atoms with Crippen molar-refractivity contribution in [3.05, 3.63) is 33.8 Å². The van der Waals surface area contributed by atoms with Crippen molar-refractivity contribution in [3.63, 3.8) is 0 Å². The number of nitrogens with two attached hydrogens (primary N) is 1. The second-order valence-electron chi connectivity index (χ2n) is 6.56. The summed E-state index contributed by atoms with van der Waals surface area (Å²) in [5, 5.41) is 10.0. The van der Waals surface area contributed by atoms with Crippen molar-refractivity contribution in [3.8, 4) is 11.5 Å². The Kier molecular flexibility index (Phi) is 3.29. The smallest absolute Gasteiger partial charge is 0.166 e. The zero-order valence-electron chi connectivity index (χ0n) is 12.5.